The van der Waals surface area contributed by atoms with Crippen LogP contribution < -0.4 is 0 Å². The number of carbonyl (C=O) groups is 1. The number of thioether (sulfide) groups is 1. The van der Waals surface area contributed by atoms with E-state index in [0.717, 1.165) is 12.2 Å². The van der Waals surface area contributed by atoms with Crippen LogP contribution in [-0.2, 0) is 9.53 Å². The third-order valence-electron chi connectivity index (χ3n) is 3.83. The lowest BCUT2D eigenvalue weighted by Gasteiger charge is -2.47. The summed E-state index contributed by atoms with van der Waals surface area (Å²) in [7, 11) is 1.73. The fourth-order valence-electron chi connectivity index (χ4n) is 2.57. The van der Waals surface area contributed by atoms with Crippen LogP contribution in [0.3, 0.4) is 0 Å². The van der Waals surface area contributed by atoms with Crippen LogP contribution in [0.15, 0.2) is 0 Å². The molecule has 3 rings (SSSR count). The van der Waals surface area contributed by atoms with Gasteiger partial charge in [0, 0.05) is 26.0 Å². The zero-order valence-electron chi connectivity index (χ0n) is 9.37. The number of halogens is 1. The quantitative estimate of drug-likeness (QED) is 0.732. The molecule has 1 atom stereocenters. The minimum Gasteiger partial charge on any atom is -0.381 e. The van der Waals surface area contributed by atoms with Gasteiger partial charge in [0.15, 0.2) is 5.67 Å². The standard InChI is InChI=1S/C11H16FNO2S/c1-15-8-4-10(16-5-8)6-13(7-10)9(14)11(12)2-3-11/h8H,2-7H2,1H3/t8-/m0/s1. The maximum absolute atomic E-state index is 13.6. The Morgan fingerprint density at radius 1 is 1.50 bits per heavy atom. The first-order valence-electron chi connectivity index (χ1n) is 5.72. The molecule has 2 saturated heterocycles. The van der Waals surface area contributed by atoms with Gasteiger partial charge in [0.05, 0.1) is 10.9 Å². The molecule has 1 spiro atoms. The predicted octanol–water partition coefficient (Wildman–Crippen LogP) is 1.22. The molecule has 1 amide bonds. The van der Waals surface area contributed by atoms with Gasteiger partial charge in [-0.25, -0.2) is 4.39 Å². The number of methoxy groups -OCH3 is 1. The van der Waals surface area contributed by atoms with Gasteiger partial charge < -0.3 is 9.64 Å². The molecular formula is C11H16FNO2S. The van der Waals surface area contributed by atoms with Crippen molar-refractivity contribution >= 4 is 17.7 Å². The number of hydrogen-bond acceptors (Lipinski definition) is 3. The third kappa shape index (κ3) is 1.56. The zero-order chi connectivity index (χ0) is 11.4. The third-order valence-corrected chi connectivity index (χ3v) is 5.40. The van der Waals surface area contributed by atoms with Gasteiger partial charge in [-0.2, -0.15) is 0 Å². The van der Waals surface area contributed by atoms with Crippen LogP contribution in [0.25, 0.3) is 0 Å². The topological polar surface area (TPSA) is 29.5 Å². The molecule has 0 radical (unpaired) electrons. The van der Waals surface area contributed by atoms with Crippen molar-refractivity contribution in [3.63, 3.8) is 0 Å². The van der Waals surface area contributed by atoms with E-state index in [-0.39, 0.29) is 10.7 Å². The van der Waals surface area contributed by atoms with E-state index in [1.165, 1.54) is 0 Å². The molecule has 1 aliphatic carbocycles. The van der Waals surface area contributed by atoms with Crippen molar-refractivity contribution in [1.82, 2.24) is 4.90 Å². The van der Waals surface area contributed by atoms with Crippen LogP contribution in [0.5, 0.6) is 0 Å². The van der Waals surface area contributed by atoms with E-state index in [1.807, 2.05) is 11.8 Å². The van der Waals surface area contributed by atoms with Crippen molar-refractivity contribution in [3.8, 4) is 0 Å². The molecule has 16 heavy (non-hydrogen) atoms. The highest BCUT2D eigenvalue weighted by molar-refractivity contribution is 8.01. The molecule has 0 N–H and O–H groups in total. The van der Waals surface area contributed by atoms with Gasteiger partial charge in [0.1, 0.15) is 0 Å². The van der Waals surface area contributed by atoms with Crippen LogP contribution in [0.4, 0.5) is 4.39 Å². The van der Waals surface area contributed by atoms with Crippen LogP contribution in [-0.4, -0.2) is 53.3 Å². The highest BCUT2D eigenvalue weighted by atomic mass is 32.2. The smallest absolute Gasteiger partial charge is 0.260 e. The largest absolute Gasteiger partial charge is 0.381 e. The summed E-state index contributed by atoms with van der Waals surface area (Å²) in [6.07, 6.45) is 2.14. The maximum Gasteiger partial charge on any atom is 0.260 e. The number of rotatable bonds is 2. The maximum atomic E-state index is 13.6. The van der Waals surface area contributed by atoms with Gasteiger partial charge in [-0.15, -0.1) is 11.8 Å². The van der Waals surface area contributed by atoms with Crippen LogP contribution in [0.2, 0.25) is 0 Å². The molecule has 0 aromatic heterocycles. The van der Waals surface area contributed by atoms with Crippen molar-refractivity contribution in [1.29, 1.82) is 0 Å². The van der Waals surface area contributed by atoms with Crippen LogP contribution in [0.1, 0.15) is 19.3 Å². The second-order valence-corrected chi connectivity index (χ2v) is 6.67. The van der Waals surface area contributed by atoms with Crippen LogP contribution >= 0.6 is 11.8 Å². The van der Waals surface area contributed by atoms with Gasteiger partial charge in [-0.05, 0) is 19.3 Å². The molecule has 0 aromatic rings. The lowest BCUT2D eigenvalue weighted by Crippen LogP contribution is -2.62. The predicted molar refractivity (Wildman–Crippen MR) is 60.3 cm³/mol. The van der Waals surface area contributed by atoms with E-state index >= 15 is 0 Å². The SMILES string of the molecule is CO[C@@H]1CSC2(C1)CN(C(=O)C1(F)CC1)C2. The van der Waals surface area contributed by atoms with Gasteiger partial charge in [0.25, 0.3) is 5.91 Å². The van der Waals surface area contributed by atoms with E-state index < -0.39 is 5.67 Å². The van der Waals surface area contributed by atoms with Gasteiger partial charge in [0.2, 0.25) is 0 Å². The Bertz CT molecular complexity index is 326. The molecule has 3 aliphatic rings. The molecule has 0 unspecified atom stereocenters. The second-order valence-electron chi connectivity index (χ2n) is 5.18. The Morgan fingerprint density at radius 3 is 2.69 bits per heavy atom. The van der Waals surface area contributed by atoms with Crippen LogP contribution in [0, 0.1) is 0 Å². The Morgan fingerprint density at radius 2 is 2.19 bits per heavy atom. The van der Waals surface area contributed by atoms with E-state index in [4.69, 9.17) is 4.74 Å². The first kappa shape index (κ1) is 10.8. The monoisotopic (exact) mass is 245 g/mol. The Kier molecular flexibility index (Phi) is 2.27. The van der Waals surface area contributed by atoms with Crippen molar-refractivity contribution in [2.24, 2.45) is 0 Å². The summed E-state index contributed by atoms with van der Waals surface area (Å²) in [5, 5.41) is 0. The van der Waals surface area contributed by atoms with Crippen molar-refractivity contribution in [3.05, 3.63) is 0 Å². The summed E-state index contributed by atoms with van der Waals surface area (Å²) in [6, 6.07) is 0. The highest BCUT2D eigenvalue weighted by Gasteiger charge is 2.58. The summed E-state index contributed by atoms with van der Waals surface area (Å²) in [4.78, 5) is 13.4. The number of ether oxygens (including phenoxy) is 1. The minimum absolute atomic E-state index is 0.168. The number of amides is 1. The minimum atomic E-state index is -1.49. The van der Waals surface area contributed by atoms with E-state index in [9.17, 15) is 9.18 Å². The van der Waals surface area contributed by atoms with Gasteiger partial charge in [-0.3, -0.25) is 4.79 Å². The number of alkyl halides is 1. The molecule has 3 nitrogen and oxygen atoms in total. The summed E-state index contributed by atoms with van der Waals surface area (Å²) in [6.45, 7) is 1.42. The summed E-state index contributed by atoms with van der Waals surface area (Å²) >= 11 is 1.88. The number of carbonyl (C=O) groups excluding carboxylic acids is 1. The fourth-order valence-corrected chi connectivity index (χ4v) is 4.17. The lowest BCUT2D eigenvalue weighted by atomic mass is 9.92. The summed E-state index contributed by atoms with van der Waals surface area (Å²) < 4.78 is 19.0. The first-order valence-corrected chi connectivity index (χ1v) is 6.71. The molecular weight excluding hydrogens is 229 g/mol. The van der Waals surface area contributed by atoms with E-state index in [0.29, 0.717) is 32.0 Å². The molecule has 0 bridgehead atoms. The molecule has 3 fully saturated rings. The zero-order valence-corrected chi connectivity index (χ0v) is 10.2. The van der Waals surface area contributed by atoms with Gasteiger partial charge >= 0.3 is 0 Å². The molecule has 2 aliphatic heterocycles. The molecule has 0 aromatic carbocycles. The van der Waals surface area contributed by atoms with E-state index in [2.05, 4.69) is 0 Å². The number of hydrogen-bond donors (Lipinski definition) is 0. The number of nitrogens with zero attached hydrogens (tertiary/aromatic N) is 1. The Labute approximate surface area is 98.7 Å². The van der Waals surface area contributed by atoms with E-state index in [1.54, 1.807) is 12.0 Å². The molecule has 2 heterocycles. The summed E-state index contributed by atoms with van der Waals surface area (Å²) in [5.74, 6) is 0.721. The first-order chi connectivity index (χ1) is 7.57. The normalized spacial score (nSPS) is 33.9. The Hall–Kier alpha value is -0.290. The molecule has 90 valence electrons. The average molecular weight is 245 g/mol. The summed E-state index contributed by atoms with van der Waals surface area (Å²) in [5.41, 5.74) is -1.49. The van der Waals surface area contributed by atoms with Gasteiger partial charge in [-0.1, -0.05) is 0 Å². The molecule has 1 saturated carbocycles. The van der Waals surface area contributed by atoms with Crippen molar-refractivity contribution in [2.45, 2.75) is 35.8 Å². The highest BCUT2D eigenvalue weighted by Crippen LogP contribution is 2.49. The Balaban J connectivity index is 1.56. The van der Waals surface area contributed by atoms with Crippen molar-refractivity contribution < 1.29 is 13.9 Å². The lowest BCUT2D eigenvalue weighted by molar-refractivity contribution is -0.143. The average Bonchev–Trinajstić information content (AvgIpc) is 2.82. The second kappa shape index (κ2) is 3.35. The fraction of sp³-hybridized carbons (Fsp3) is 0.909. The molecule has 5 heteroatoms. The number of likely N-dealkylation sites (tertiary alicyclic amines) is 1. The van der Waals surface area contributed by atoms with Crippen molar-refractivity contribution in [2.75, 3.05) is 26.0 Å².